The van der Waals surface area contributed by atoms with E-state index in [-0.39, 0.29) is 0 Å². The summed E-state index contributed by atoms with van der Waals surface area (Å²) < 4.78 is 2.42. The smallest absolute Gasteiger partial charge is 0.0992 e. The zero-order chi connectivity index (χ0) is 32.6. The summed E-state index contributed by atoms with van der Waals surface area (Å²) in [6.07, 6.45) is 5.56. The lowest BCUT2D eigenvalue weighted by molar-refractivity contribution is 0.870. The lowest BCUT2D eigenvalue weighted by atomic mass is 9.84. The van der Waals surface area contributed by atoms with Crippen LogP contribution in [-0.4, -0.2) is 25.4 Å². The summed E-state index contributed by atoms with van der Waals surface area (Å²) in [5.41, 5.74) is 11.5. The third kappa shape index (κ3) is 5.06. The Labute approximate surface area is 287 Å². The van der Waals surface area contributed by atoms with Gasteiger partial charge in [0.15, 0.2) is 0 Å². The molecule has 0 unspecified atom stereocenters. The maximum atomic E-state index is 5.40. The molecule has 49 heavy (non-hydrogen) atoms. The molecule has 0 saturated carbocycles. The third-order valence-corrected chi connectivity index (χ3v) is 10.1. The first-order valence-corrected chi connectivity index (χ1v) is 16.9. The number of benzene rings is 5. The van der Waals surface area contributed by atoms with E-state index in [2.05, 4.69) is 137 Å². The molecule has 5 aromatic carbocycles. The second-order valence-corrected chi connectivity index (χ2v) is 12.8. The molecule has 0 aliphatic carbocycles. The zero-order valence-electron chi connectivity index (χ0n) is 26.2. The number of hydrogen-bond donors (Lipinski definition) is 0. The van der Waals surface area contributed by atoms with Gasteiger partial charge in [-0.1, -0.05) is 121 Å². The highest BCUT2D eigenvalue weighted by molar-refractivity contribution is 7.26. The van der Waals surface area contributed by atoms with Gasteiger partial charge in [0.1, 0.15) is 0 Å². The standard InChI is InChI=1S/C43H27N5S/c1-4-13-28(14-5-1)31-22-23-37-38(33-19-10-11-21-36(33)49-37)39(31)43-41(35-24-26-46-48-47-35)40(34(27-45-43)30-17-8-3-9-18-30)42-32(20-12-25-44-42)29-15-6-2-7-16-29/h1-27H. The van der Waals surface area contributed by atoms with E-state index in [9.17, 15) is 0 Å². The first-order valence-electron chi connectivity index (χ1n) is 16.1. The summed E-state index contributed by atoms with van der Waals surface area (Å²) in [7, 11) is 0. The number of hydrogen-bond acceptors (Lipinski definition) is 6. The Morgan fingerprint density at radius 2 is 1.10 bits per heavy atom. The predicted molar refractivity (Wildman–Crippen MR) is 201 cm³/mol. The van der Waals surface area contributed by atoms with Gasteiger partial charge in [-0.25, -0.2) is 0 Å². The van der Waals surface area contributed by atoms with Gasteiger partial charge in [0.2, 0.25) is 0 Å². The topological polar surface area (TPSA) is 64.5 Å². The maximum absolute atomic E-state index is 5.40. The molecule has 0 atom stereocenters. The van der Waals surface area contributed by atoms with Gasteiger partial charge >= 0.3 is 0 Å². The number of thiophene rings is 1. The molecule has 0 spiro atoms. The van der Waals surface area contributed by atoms with E-state index < -0.39 is 0 Å². The van der Waals surface area contributed by atoms with Crippen molar-refractivity contribution in [3.05, 3.63) is 164 Å². The monoisotopic (exact) mass is 645 g/mol. The summed E-state index contributed by atoms with van der Waals surface area (Å²) in [4.78, 5) is 10.5. The Morgan fingerprint density at radius 3 is 1.82 bits per heavy atom. The largest absolute Gasteiger partial charge is 0.256 e. The van der Waals surface area contributed by atoms with Crippen molar-refractivity contribution in [2.24, 2.45) is 0 Å². The zero-order valence-corrected chi connectivity index (χ0v) is 27.0. The Hall–Kier alpha value is -6.37. The molecule has 0 fully saturated rings. The maximum Gasteiger partial charge on any atom is 0.0992 e. The highest BCUT2D eigenvalue weighted by atomic mass is 32.1. The van der Waals surface area contributed by atoms with Crippen LogP contribution in [0.2, 0.25) is 0 Å². The molecule has 5 nitrogen and oxygen atoms in total. The third-order valence-electron chi connectivity index (χ3n) is 8.92. The van der Waals surface area contributed by atoms with E-state index in [0.29, 0.717) is 5.69 Å². The highest BCUT2D eigenvalue weighted by Gasteiger charge is 2.27. The van der Waals surface area contributed by atoms with Crippen molar-refractivity contribution in [2.75, 3.05) is 0 Å². The Balaban J connectivity index is 1.49. The summed E-state index contributed by atoms with van der Waals surface area (Å²) in [5.74, 6) is 0. The molecule has 9 rings (SSSR count). The molecule has 0 saturated heterocycles. The average Bonchev–Trinajstić information content (AvgIpc) is 3.57. The summed E-state index contributed by atoms with van der Waals surface area (Å²) in [6.45, 7) is 0. The number of aromatic nitrogens is 5. The molecule has 230 valence electrons. The molecule has 9 aromatic rings. The molecule has 4 aromatic heterocycles. The Kier molecular flexibility index (Phi) is 7.26. The normalized spacial score (nSPS) is 11.3. The molecule has 0 aliphatic rings. The second-order valence-electron chi connectivity index (χ2n) is 11.7. The van der Waals surface area contributed by atoms with Crippen molar-refractivity contribution in [1.29, 1.82) is 0 Å². The van der Waals surface area contributed by atoms with Crippen LogP contribution >= 0.6 is 11.3 Å². The minimum absolute atomic E-state index is 0.672. The van der Waals surface area contributed by atoms with Crippen LogP contribution in [0, 0.1) is 0 Å². The average molecular weight is 646 g/mol. The highest BCUT2D eigenvalue weighted by Crippen LogP contribution is 2.51. The molecule has 0 N–H and O–H groups in total. The fourth-order valence-electron chi connectivity index (χ4n) is 6.78. The van der Waals surface area contributed by atoms with Crippen molar-refractivity contribution in [2.45, 2.75) is 0 Å². The van der Waals surface area contributed by atoms with Gasteiger partial charge in [0.05, 0.1) is 23.3 Å². The lowest BCUT2D eigenvalue weighted by Gasteiger charge is -2.22. The van der Waals surface area contributed by atoms with E-state index in [1.54, 1.807) is 17.5 Å². The molecule has 4 heterocycles. The molecular formula is C43H27N5S. The van der Waals surface area contributed by atoms with E-state index in [1.807, 2.05) is 36.7 Å². The number of fused-ring (bicyclic) bond motifs is 3. The fourth-order valence-corrected chi connectivity index (χ4v) is 7.90. The van der Waals surface area contributed by atoms with Crippen molar-refractivity contribution in [3.63, 3.8) is 0 Å². The summed E-state index contributed by atoms with van der Waals surface area (Å²) >= 11 is 1.80. The van der Waals surface area contributed by atoms with E-state index in [0.717, 1.165) is 61.5 Å². The van der Waals surface area contributed by atoms with E-state index >= 15 is 0 Å². The van der Waals surface area contributed by atoms with Crippen LogP contribution in [0.25, 0.3) is 87.3 Å². The number of rotatable bonds is 6. The molecule has 0 radical (unpaired) electrons. The molecule has 0 aliphatic heterocycles. The van der Waals surface area contributed by atoms with Crippen LogP contribution in [0.5, 0.6) is 0 Å². The Bertz CT molecular complexity index is 2590. The van der Waals surface area contributed by atoms with Crippen LogP contribution in [-0.2, 0) is 0 Å². The first kappa shape index (κ1) is 28.8. The van der Waals surface area contributed by atoms with Crippen molar-refractivity contribution in [1.82, 2.24) is 25.4 Å². The van der Waals surface area contributed by atoms with Gasteiger partial charge in [-0.05, 0) is 51.7 Å². The van der Waals surface area contributed by atoms with E-state index in [1.165, 1.54) is 20.2 Å². The predicted octanol–water partition coefficient (Wildman–Crippen LogP) is 11.0. The minimum atomic E-state index is 0.672. The van der Waals surface area contributed by atoms with E-state index in [4.69, 9.17) is 9.97 Å². The van der Waals surface area contributed by atoms with Gasteiger partial charge in [-0.3, -0.25) is 9.97 Å². The van der Waals surface area contributed by atoms with Crippen LogP contribution < -0.4 is 0 Å². The molecular weight excluding hydrogens is 619 g/mol. The second kappa shape index (κ2) is 12.3. The van der Waals surface area contributed by atoms with Gasteiger partial charge in [0, 0.05) is 60.4 Å². The van der Waals surface area contributed by atoms with Crippen LogP contribution in [0.1, 0.15) is 0 Å². The van der Waals surface area contributed by atoms with Crippen LogP contribution in [0.4, 0.5) is 0 Å². The Morgan fingerprint density at radius 1 is 0.429 bits per heavy atom. The molecule has 0 bridgehead atoms. The van der Waals surface area contributed by atoms with Crippen molar-refractivity contribution >= 4 is 31.5 Å². The van der Waals surface area contributed by atoms with Gasteiger partial charge in [0.25, 0.3) is 0 Å². The molecule has 0 amide bonds. The van der Waals surface area contributed by atoms with Gasteiger partial charge in [-0.2, -0.15) is 0 Å². The van der Waals surface area contributed by atoms with Crippen LogP contribution in [0.15, 0.2) is 164 Å². The first-order chi connectivity index (χ1) is 24.3. The SMILES string of the molecule is c1ccc(-c2cccnc2-c2c(-c3ccccc3)cnc(-c3c(-c4ccccc4)ccc4sc5ccccc5c34)c2-c2ccnnn2)cc1. The molecule has 6 heteroatoms. The minimum Gasteiger partial charge on any atom is -0.256 e. The lowest BCUT2D eigenvalue weighted by Crippen LogP contribution is -2.03. The fraction of sp³-hybridized carbons (Fsp3) is 0. The van der Waals surface area contributed by atoms with Gasteiger partial charge in [-0.15, -0.1) is 21.5 Å². The van der Waals surface area contributed by atoms with Crippen molar-refractivity contribution in [3.8, 4) is 67.2 Å². The van der Waals surface area contributed by atoms with Crippen LogP contribution in [0.3, 0.4) is 0 Å². The van der Waals surface area contributed by atoms with Crippen molar-refractivity contribution < 1.29 is 0 Å². The number of pyridine rings is 2. The van der Waals surface area contributed by atoms with Gasteiger partial charge < -0.3 is 0 Å². The summed E-state index contributed by atoms with van der Waals surface area (Å²) in [6, 6.07) is 50.5. The quantitative estimate of drug-likeness (QED) is 0.180. The summed E-state index contributed by atoms with van der Waals surface area (Å²) in [5, 5.41) is 15.3. The number of nitrogens with zero attached hydrogens (tertiary/aromatic N) is 5.